The summed E-state index contributed by atoms with van der Waals surface area (Å²) >= 11 is 0. The van der Waals surface area contributed by atoms with Crippen molar-refractivity contribution >= 4 is 11.0 Å². The molecule has 33 heavy (non-hydrogen) atoms. The van der Waals surface area contributed by atoms with Crippen LogP contribution in [0.15, 0.2) is 45.6 Å². The number of hydrogen-bond donors (Lipinski definition) is 1. The number of hydrogen-bond acceptors (Lipinski definition) is 7. The first-order chi connectivity index (χ1) is 16.0. The lowest BCUT2D eigenvalue weighted by atomic mass is 10.1. The number of phenolic OH excluding ortho intramolecular Hbond substituents is 1. The van der Waals surface area contributed by atoms with Crippen LogP contribution < -0.4 is 14.9 Å². The first-order valence-corrected chi connectivity index (χ1v) is 11.4. The number of aromatic hydroxyl groups is 1. The molecule has 2 aromatic carbocycles. The molecule has 3 aromatic rings. The van der Waals surface area contributed by atoms with Crippen molar-refractivity contribution in [3.8, 4) is 28.6 Å². The third-order valence-electron chi connectivity index (χ3n) is 6.16. The third-order valence-corrected chi connectivity index (χ3v) is 6.16. The number of benzene rings is 2. The smallest absolute Gasteiger partial charge is 0.205 e. The summed E-state index contributed by atoms with van der Waals surface area (Å²) in [6.45, 7) is 7.96. The fourth-order valence-electron chi connectivity index (χ4n) is 4.12. The highest BCUT2D eigenvalue weighted by Crippen LogP contribution is 2.41. The van der Waals surface area contributed by atoms with Crippen LogP contribution in [-0.2, 0) is 0 Å². The number of rotatable bonds is 8. The molecule has 1 aliphatic heterocycles. The number of aryl methyl sites for hydroxylation is 1. The molecule has 0 bridgehead atoms. The van der Waals surface area contributed by atoms with Gasteiger partial charge in [-0.2, -0.15) is 0 Å². The maximum atomic E-state index is 12.8. The van der Waals surface area contributed by atoms with Crippen LogP contribution in [0.5, 0.6) is 17.2 Å². The number of nitrogens with zero attached hydrogens (tertiary/aromatic N) is 2. The van der Waals surface area contributed by atoms with Crippen LogP contribution in [0.3, 0.4) is 0 Å². The molecule has 0 atom stereocenters. The minimum absolute atomic E-state index is 0.0881. The number of unbranched alkanes of at least 4 members (excludes halogenated alkanes) is 1. The summed E-state index contributed by atoms with van der Waals surface area (Å²) in [4.78, 5) is 17.6. The van der Waals surface area contributed by atoms with Gasteiger partial charge in [0.15, 0.2) is 16.8 Å². The largest absolute Gasteiger partial charge is 0.507 e. The third kappa shape index (κ3) is 5.31. The van der Waals surface area contributed by atoms with E-state index in [4.69, 9.17) is 13.9 Å². The van der Waals surface area contributed by atoms with E-state index in [2.05, 4.69) is 16.8 Å². The molecule has 1 saturated heterocycles. The molecule has 7 nitrogen and oxygen atoms in total. The number of ether oxygens (including phenoxy) is 2. The first kappa shape index (κ1) is 23.1. The lowest BCUT2D eigenvalue weighted by Gasteiger charge is -2.32. The number of piperazine rings is 1. The van der Waals surface area contributed by atoms with Gasteiger partial charge in [-0.25, -0.2) is 0 Å². The van der Waals surface area contributed by atoms with Crippen LogP contribution in [-0.4, -0.2) is 68.4 Å². The summed E-state index contributed by atoms with van der Waals surface area (Å²) in [6, 6.07) is 10.5. The zero-order valence-corrected chi connectivity index (χ0v) is 19.6. The highest BCUT2D eigenvalue weighted by Gasteiger charge is 2.20. The summed E-state index contributed by atoms with van der Waals surface area (Å²) in [7, 11) is 3.66. The van der Waals surface area contributed by atoms with E-state index in [0.29, 0.717) is 23.9 Å². The van der Waals surface area contributed by atoms with Gasteiger partial charge in [0.25, 0.3) is 0 Å². The first-order valence-electron chi connectivity index (χ1n) is 11.4. The summed E-state index contributed by atoms with van der Waals surface area (Å²) in [6.07, 6.45) is 1.90. The Kier molecular flexibility index (Phi) is 7.20. The van der Waals surface area contributed by atoms with Gasteiger partial charge in [0.05, 0.1) is 13.7 Å². The Morgan fingerprint density at radius 2 is 1.79 bits per heavy atom. The molecule has 1 fully saturated rings. The van der Waals surface area contributed by atoms with Gasteiger partial charge in [-0.1, -0.05) is 29.8 Å². The zero-order valence-electron chi connectivity index (χ0n) is 19.6. The van der Waals surface area contributed by atoms with E-state index in [-0.39, 0.29) is 22.1 Å². The quantitative estimate of drug-likeness (QED) is 0.520. The minimum atomic E-state index is -0.332. The van der Waals surface area contributed by atoms with Crippen molar-refractivity contribution < 1.29 is 19.0 Å². The molecule has 0 unspecified atom stereocenters. The molecule has 0 saturated carbocycles. The number of fused-ring (bicyclic) bond motifs is 1. The second kappa shape index (κ2) is 10.3. The van der Waals surface area contributed by atoms with Crippen LogP contribution >= 0.6 is 0 Å². The average Bonchev–Trinajstić information content (AvgIpc) is 2.80. The fourth-order valence-corrected chi connectivity index (χ4v) is 4.12. The van der Waals surface area contributed by atoms with Crippen LogP contribution in [0.1, 0.15) is 18.4 Å². The molecule has 0 amide bonds. The Morgan fingerprint density at radius 1 is 1.06 bits per heavy atom. The predicted octanol–water partition coefficient (Wildman–Crippen LogP) is 3.89. The number of likely N-dealkylation sites (N-methyl/N-ethyl adjacent to an activating group) is 1. The fraction of sp³-hybridized carbons (Fsp3) is 0.423. The molecule has 1 aliphatic rings. The second-order valence-corrected chi connectivity index (χ2v) is 8.67. The van der Waals surface area contributed by atoms with Gasteiger partial charge < -0.3 is 28.8 Å². The highest BCUT2D eigenvalue weighted by atomic mass is 16.5. The van der Waals surface area contributed by atoms with Crippen molar-refractivity contribution in [1.29, 1.82) is 0 Å². The Labute approximate surface area is 194 Å². The van der Waals surface area contributed by atoms with Gasteiger partial charge in [-0.3, -0.25) is 4.79 Å². The lowest BCUT2D eigenvalue weighted by molar-refractivity contribution is 0.149. The summed E-state index contributed by atoms with van der Waals surface area (Å²) in [5.74, 6) is 0.913. The van der Waals surface area contributed by atoms with Crippen molar-refractivity contribution in [2.45, 2.75) is 19.8 Å². The Bertz CT molecular complexity index is 1150. The maximum Gasteiger partial charge on any atom is 0.205 e. The molecule has 0 radical (unpaired) electrons. The van der Waals surface area contributed by atoms with Gasteiger partial charge in [0.1, 0.15) is 16.9 Å². The Hall–Kier alpha value is -3.03. The summed E-state index contributed by atoms with van der Waals surface area (Å²) in [5, 5.41) is 10.6. The average molecular weight is 453 g/mol. The van der Waals surface area contributed by atoms with E-state index >= 15 is 0 Å². The molecule has 0 spiro atoms. The monoisotopic (exact) mass is 452 g/mol. The van der Waals surface area contributed by atoms with E-state index in [0.717, 1.165) is 56.7 Å². The molecular formula is C26H32N2O5. The second-order valence-electron chi connectivity index (χ2n) is 8.67. The Morgan fingerprint density at radius 3 is 2.48 bits per heavy atom. The van der Waals surface area contributed by atoms with Crippen LogP contribution in [0, 0.1) is 6.92 Å². The van der Waals surface area contributed by atoms with E-state index < -0.39 is 0 Å². The molecule has 4 rings (SSSR count). The predicted molar refractivity (Wildman–Crippen MR) is 130 cm³/mol. The van der Waals surface area contributed by atoms with Crippen LogP contribution in [0.25, 0.3) is 22.3 Å². The topological polar surface area (TPSA) is 75.4 Å². The van der Waals surface area contributed by atoms with Crippen molar-refractivity contribution in [2.75, 3.05) is 53.5 Å². The van der Waals surface area contributed by atoms with Crippen LogP contribution in [0.4, 0.5) is 0 Å². The van der Waals surface area contributed by atoms with E-state index in [9.17, 15) is 9.90 Å². The SMILES string of the molecule is COc1c(OCCCCN2CCN(C)CC2)cc(O)c2c(=O)cc(-c3ccc(C)cc3)oc12. The summed E-state index contributed by atoms with van der Waals surface area (Å²) < 4.78 is 17.6. The molecular weight excluding hydrogens is 420 g/mol. The van der Waals surface area contributed by atoms with Gasteiger partial charge in [0.2, 0.25) is 5.75 Å². The molecule has 1 N–H and O–H groups in total. The van der Waals surface area contributed by atoms with Crippen molar-refractivity contribution in [2.24, 2.45) is 0 Å². The molecule has 0 aliphatic carbocycles. The molecule has 2 heterocycles. The molecule has 176 valence electrons. The zero-order chi connectivity index (χ0) is 23.4. The number of phenols is 1. The van der Waals surface area contributed by atoms with E-state index in [1.54, 1.807) is 0 Å². The lowest BCUT2D eigenvalue weighted by Crippen LogP contribution is -2.44. The van der Waals surface area contributed by atoms with Crippen molar-refractivity contribution in [3.63, 3.8) is 0 Å². The number of methoxy groups -OCH3 is 1. The van der Waals surface area contributed by atoms with E-state index in [1.807, 2.05) is 31.2 Å². The molecule has 7 heteroatoms. The molecule has 1 aromatic heterocycles. The van der Waals surface area contributed by atoms with Crippen molar-refractivity contribution in [1.82, 2.24) is 9.80 Å². The highest BCUT2D eigenvalue weighted by molar-refractivity contribution is 5.91. The van der Waals surface area contributed by atoms with Gasteiger partial charge in [-0.05, 0) is 33.4 Å². The van der Waals surface area contributed by atoms with Crippen LogP contribution in [0.2, 0.25) is 0 Å². The maximum absolute atomic E-state index is 12.8. The van der Waals surface area contributed by atoms with E-state index in [1.165, 1.54) is 19.2 Å². The normalized spacial score (nSPS) is 15.1. The standard InChI is InChI=1S/C26H32N2O5/c1-18-6-8-19(9-7-18)22-16-20(29)24-21(30)17-23(25(31-3)26(24)33-22)32-15-5-4-10-28-13-11-27(2)12-14-28/h6-9,16-17,30H,4-5,10-15H2,1-3H3. The minimum Gasteiger partial charge on any atom is -0.507 e. The van der Waals surface area contributed by atoms with Crippen molar-refractivity contribution in [3.05, 3.63) is 52.2 Å². The van der Waals surface area contributed by atoms with Gasteiger partial charge in [0, 0.05) is 43.9 Å². The summed E-state index contributed by atoms with van der Waals surface area (Å²) in [5.41, 5.74) is 1.74. The van der Waals surface area contributed by atoms with Gasteiger partial charge in [-0.15, -0.1) is 0 Å². The van der Waals surface area contributed by atoms with Gasteiger partial charge >= 0.3 is 0 Å². The Balaban J connectivity index is 1.51.